The summed E-state index contributed by atoms with van der Waals surface area (Å²) in [5, 5.41) is 12.9. The van der Waals surface area contributed by atoms with Crippen LogP contribution in [-0.4, -0.2) is 25.0 Å². The number of oxime groups is 1. The van der Waals surface area contributed by atoms with Gasteiger partial charge in [-0.05, 0) is 35.4 Å². The van der Waals surface area contributed by atoms with E-state index >= 15 is 0 Å². The summed E-state index contributed by atoms with van der Waals surface area (Å²) in [7, 11) is 3.97. The highest BCUT2D eigenvalue weighted by molar-refractivity contribution is 5.97. The Morgan fingerprint density at radius 2 is 1.64 bits per heavy atom. The van der Waals surface area contributed by atoms with E-state index in [4.69, 9.17) is 15.7 Å². The summed E-state index contributed by atoms with van der Waals surface area (Å²) in [6.07, 6.45) is 0. The van der Waals surface area contributed by atoms with Gasteiger partial charge in [0.2, 0.25) is 0 Å². The molecule has 0 spiro atoms. The number of anilines is 1. The number of rotatable bonds is 6. The largest absolute Gasteiger partial charge is 0.392 e. The van der Waals surface area contributed by atoms with Crippen LogP contribution in [0.15, 0.2) is 53.7 Å². The van der Waals surface area contributed by atoms with E-state index in [2.05, 4.69) is 5.16 Å². The molecular formula is C17H21N3O2. The maximum Gasteiger partial charge on any atom is 0.170 e. The van der Waals surface area contributed by atoms with E-state index < -0.39 is 0 Å². The predicted molar refractivity (Wildman–Crippen MR) is 88.6 cm³/mol. The Morgan fingerprint density at radius 3 is 2.18 bits per heavy atom. The summed E-state index contributed by atoms with van der Waals surface area (Å²) >= 11 is 0. The minimum atomic E-state index is 0.0369. The van der Waals surface area contributed by atoms with Crippen LogP contribution >= 0.6 is 0 Å². The van der Waals surface area contributed by atoms with E-state index in [1.165, 1.54) is 0 Å². The van der Waals surface area contributed by atoms with Crippen molar-refractivity contribution < 1.29 is 9.94 Å². The van der Waals surface area contributed by atoms with Crippen molar-refractivity contribution >= 4 is 11.5 Å². The van der Waals surface area contributed by atoms with Crippen molar-refractivity contribution in [2.24, 2.45) is 10.9 Å². The molecule has 2 rings (SSSR count). The molecule has 5 nitrogen and oxygen atoms in total. The SMILES string of the molecule is CN(C)c1ccc(/C(N)=N/OCc2ccc(CO)cc2)cc1. The number of amidine groups is 1. The van der Waals surface area contributed by atoms with Crippen molar-refractivity contribution in [2.75, 3.05) is 19.0 Å². The van der Waals surface area contributed by atoms with E-state index in [-0.39, 0.29) is 6.61 Å². The topological polar surface area (TPSA) is 71.1 Å². The Kier molecular flexibility index (Phi) is 5.38. The Bertz CT molecular complexity index is 619. The van der Waals surface area contributed by atoms with Gasteiger partial charge in [-0.15, -0.1) is 0 Å². The molecule has 0 saturated carbocycles. The number of aliphatic hydroxyl groups is 1. The Balaban J connectivity index is 1.94. The van der Waals surface area contributed by atoms with Crippen LogP contribution in [-0.2, 0) is 18.1 Å². The van der Waals surface area contributed by atoms with Crippen LogP contribution in [0, 0.1) is 0 Å². The molecule has 0 radical (unpaired) electrons. The van der Waals surface area contributed by atoms with Crippen molar-refractivity contribution in [3.8, 4) is 0 Å². The Labute approximate surface area is 130 Å². The lowest BCUT2D eigenvalue weighted by Crippen LogP contribution is -2.14. The van der Waals surface area contributed by atoms with Crippen molar-refractivity contribution in [2.45, 2.75) is 13.2 Å². The molecule has 0 amide bonds. The normalized spacial score (nSPS) is 11.3. The minimum Gasteiger partial charge on any atom is -0.392 e. The van der Waals surface area contributed by atoms with Gasteiger partial charge in [0.25, 0.3) is 0 Å². The van der Waals surface area contributed by atoms with E-state index in [9.17, 15) is 0 Å². The molecule has 3 N–H and O–H groups in total. The number of benzene rings is 2. The summed E-state index contributed by atoms with van der Waals surface area (Å²) in [4.78, 5) is 7.29. The average molecular weight is 299 g/mol. The summed E-state index contributed by atoms with van der Waals surface area (Å²) in [6, 6.07) is 15.3. The van der Waals surface area contributed by atoms with Crippen LogP contribution in [0.3, 0.4) is 0 Å². The first-order valence-electron chi connectivity index (χ1n) is 7.02. The van der Waals surface area contributed by atoms with Crippen LogP contribution in [0.2, 0.25) is 0 Å². The molecule has 0 atom stereocenters. The first-order valence-corrected chi connectivity index (χ1v) is 7.02. The Morgan fingerprint density at radius 1 is 1.05 bits per heavy atom. The second kappa shape index (κ2) is 7.47. The highest BCUT2D eigenvalue weighted by Crippen LogP contribution is 2.12. The second-order valence-electron chi connectivity index (χ2n) is 5.17. The van der Waals surface area contributed by atoms with Crippen LogP contribution in [0.4, 0.5) is 5.69 Å². The maximum absolute atomic E-state index is 8.98. The van der Waals surface area contributed by atoms with Crippen molar-refractivity contribution in [1.29, 1.82) is 0 Å². The van der Waals surface area contributed by atoms with Gasteiger partial charge in [0.15, 0.2) is 5.84 Å². The molecule has 0 heterocycles. The molecule has 2 aromatic rings. The van der Waals surface area contributed by atoms with Gasteiger partial charge in [-0.25, -0.2) is 0 Å². The van der Waals surface area contributed by atoms with E-state index in [0.29, 0.717) is 12.4 Å². The first-order chi connectivity index (χ1) is 10.6. The van der Waals surface area contributed by atoms with Crippen molar-refractivity contribution in [3.63, 3.8) is 0 Å². The highest BCUT2D eigenvalue weighted by atomic mass is 16.6. The third-order valence-corrected chi connectivity index (χ3v) is 3.28. The summed E-state index contributed by atoms with van der Waals surface area (Å²) in [5.41, 5.74) is 9.67. The van der Waals surface area contributed by atoms with Gasteiger partial charge >= 0.3 is 0 Å². The molecule has 0 fully saturated rings. The van der Waals surface area contributed by atoms with E-state index in [0.717, 1.165) is 22.4 Å². The van der Waals surface area contributed by atoms with Crippen LogP contribution in [0.1, 0.15) is 16.7 Å². The van der Waals surface area contributed by atoms with Gasteiger partial charge in [-0.3, -0.25) is 0 Å². The smallest absolute Gasteiger partial charge is 0.170 e. The number of aliphatic hydroxyl groups excluding tert-OH is 1. The second-order valence-corrected chi connectivity index (χ2v) is 5.17. The summed E-state index contributed by atoms with van der Waals surface area (Å²) in [5.74, 6) is 0.345. The minimum absolute atomic E-state index is 0.0369. The fraction of sp³-hybridized carbons (Fsp3) is 0.235. The zero-order chi connectivity index (χ0) is 15.9. The van der Waals surface area contributed by atoms with Crippen LogP contribution < -0.4 is 10.6 Å². The fourth-order valence-corrected chi connectivity index (χ4v) is 1.90. The van der Waals surface area contributed by atoms with Crippen LogP contribution in [0.5, 0.6) is 0 Å². The molecule has 5 heteroatoms. The van der Waals surface area contributed by atoms with Gasteiger partial charge < -0.3 is 20.6 Å². The first kappa shape index (κ1) is 15.9. The van der Waals surface area contributed by atoms with E-state index in [1.807, 2.05) is 67.5 Å². The van der Waals surface area contributed by atoms with Gasteiger partial charge in [-0.1, -0.05) is 29.4 Å². The zero-order valence-corrected chi connectivity index (χ0v) is 12.9. The lowest BCUT2D eigenvalue weighted by Gasteiger charge is -2.12. The molecular weight excluding hydrogens is 278 g/mol. The molecule has 0 bridgehead atoms. The number of nitrogens with two attached hydrogens (primary N) is 1. The zero-order valence-electron chi connectivity index (χ0n) is 12.9. The molecule has 0 aliphatic heterocycles. The summed E-state index contributed by atoms with van der Waals surface area (Å²) in [6.45, 7) is 0.372. The molecule has 0 aromatic heterocycles. The monoisotopic (exact) mass is 299 g/mol. The molecule has 116 valence electrons. The van der Waals surface area contributed by atoms with Crippen molar-refractivity contribution in [1.82, 2.24) is 0 Å². The van der Waals surface area contributed by atoms with E-state index in [1.54, 1.807) is 0 Å². The van der Waals surface area contributed by atoms with Gasteiger partial charge in [0, 0.05) is 25.3 Å². The average Bonchev–Trinajstić information content (AvgIpc) is 2.55. The quantitative estimate of drug-likeness (QED) is 0.487. The summed E-state index contributed by atoms with van der Waals surface area (Å²) < 4.78 is 0. The van der Waals surface area contributed by atoms with Gasteiger partial charge in [0.1, 0.15) is 6.61 Å². The molecule has 0 aliphatic rings. The molecule has 22 heavy (non-hydrogen) atoms. The van der Waals surface area contributed by atoms with Crippen LogP contribution in [0.25, 0.3) is 0 Å². The van der Waals surface area contributed by atoms with Crippen molar-refractivity contribution in [3.05, 3.63) is 65.2 Å². The molecule has 2 aromatic carbocycles. The number of hydrogen-bond donors (Lipinski definition) is 2. The molecule has 0 saturated heterocycles. The molecule has 0 unspecified atom stereocenters. The van der Waals surface area contributed by atoms with Gasteiger partial charge in [-0.2, -0.15) is 0 Å². The number of nitrogens with zero attached hydrogens (tertiary/aromatic N) is 2. The highest BCUT2D eigenvalue weighted by Gasteiger charge is 2.01. The lowest BCUT2D eigenvalue weighted by molar-refractivity contribution is 0.130. The lowest BCUT2D eigenvalue weighted by atomic mass is 10.1. The Hall–Kier alpha value is -2.53. The standard InChI is InChI=1S/C17H21N3O2/c1-20(2)16-9-7-15(8-10-16)17(18)19-22-12-14-5-3-13(11-21)4-6-14/h3-10,21H,11-12H2,1-2H3,(H2,18,19). The maximum atomic E-state index is 8.98. The predicted octanol–water partition coefficient (Wildman–Crippen LogP) is 2.08. The third-order valence-electron chi connectivity index (χ3n) is 3.28. The third kappa shape index (κ3) is 4.23. The fourth-order valence-electron chi connectivity index (χ4n) is 1.90. The molecule has 0 aliphatic carbocycles. The van der Waals surface area contributed by atoms with Gasteiger partial charge in [0.05, 0.1) is 6.61 Å². The number of hydrogen-bond acceptors (Lipinski definition) is 4.